The molecule has 0 unspecified atom stereocenters. The number of nitrogens with zero attached hydrogens (tertiary/aromatic N) is 1. The average Bonchev–Trinajstić information content (AvgIpc) is 2.71. The molecule has 1 heterocycles. The van der Waals surface area contributed by atoms with Gasteiger partial charge in [0.2, 0.25) is 5.82 Å². The van der Waals surface area contributed by atoms with E-state index < -0.39 is 17.7 Å². The summed E-state index contributed by atoms with van der Waals surface area (Å²) in [6, 6.07) is 0. The van der Waals surface area contributed by atoms with Crippen LogP contribution in [0.25, 0.3) is 0 Å². The summed E-state index contributed by atoms with van der Waals surface area (Å²) in [5.41, 5.74) is -0.0337. The van der Waals surface area contributed by atoms with Gasteiger partial charge in [-0.25, -0.2) is 14.6 Å². The molecule has 2 N–H and O–H groups in total. The van der Waals surface area contributed by atoms with Crippen LogP contribution < -0.4 is 5.32 Å². The number of aromatic nitrogens is 2. The molecule has 0 radical (unpaired) electrons. The Labute approximate surface area is 105 Å². The highest BCUT2D eigenvalue weighted by Crippen LogP contribution is 2.06. The van der Waals surface area contributed by atoms with E-state index in [1.165, 1.54) is 13.3 Å². The van der Waals surface area contributed by atoms with E-state index >= 15 is 0 Å². The van der Waals surface area contributed by atoms with Gasteiger partial charge in [0.05, 0.1) is 19.3 Å². The highest BCUT2D eigenvalue weighted by atomic mass is 16.6. The quantitative estimate of drug-likeness (QED) is 0.792. The minimum Gasteiger partial charge on any atom is -0.463 e. The molecule has 18 heavy (non-hydrogen) atoms. The molecule has 100 valence electrons. The number of esters is 1. The first kappa shape index (κ1) is 14.0. The van der Waals surface area contributed by atoms with Crippen LogP contribution in [0.1, 0.15) is 37.1 Å². The molecule has 0 aliphatic heterocycles. The zero-order valence-corrected chi connectivity index (χ0v) is 10.9. The van der Waals surface area contributed by atoms with Crippen LogP contribution in [-0.2, 0) is 16.0 Å². The van der Waals surface area contributed by atoms with Gasteiger partial charge in [-0.1, -0.05) is 0 Å². The van der Waals surface area contributed by atoms with Gasteiger partial charge >= 0.3 is 12.1 Å². The van der Waals surface area contributed by atoms with Gasteiger partial charge < -0.3 is 19.8 Å². The predicted molar refractivity (Wildman–Crippen MR) is 63.0 cm³/mol. The normalized spacial score (nSPS) is 10.9. The number of methoxy groups -OCH3 is 1. The molecule has 7 nitrogen and oxygen atoms in total. The van der Waals surface area contributed by atoms with Crippen molar-refractivity contribution in [2.75, 3.05) is 7.11 Å². The van der Waals surface area contributed by atoms with Crippen molar-refractivity contribution in [3.05, 3.63) is 17.7 Å². The molecule has 0 spiro atoms. The second kappa shape index (κ2) is 5.52. The van der Waals surface area contributed by atoms with Gasteiger partial charge in [-0.3, -0.25) is 0 Å². The largest absolute Gasteiger partial charge is 0.463 e. The summed E-state index contributed by atoms with van der Waals surface area (Å²) in [5, 5.41) is 2.53. The van der Waals surface area contributed by atoms with Crippen LogP contribution in [-0.4, -0.2) is 34.7 Å². The molecular weight excluding hydrogens is 238 g/mol. The maximum atomic E-state index is 11.4. The Bertz CT molecular complexity index is 434. The number of H-pyrrole nitrogens is 1. The fraction of sp³-hybridized carbons (Fsp3) is 0.545. The van der Waals surface area contributed by atoms with Crippen LogP contribution in [0.15, 0.2) is 6.20 Å². The molecule has 0 aromatic carbocycles. The summed E-state index contributed by atoms with van der Waals surface area (Å²) in [6.07, 6.45) is 0.981. The van der Waals surface area contributed by atoms with Crippen molar-refractivity contribution in [1.29, 1.82) is 0 Å². The summed E-state index contributed by atoms with van der Waals surface area (Å²) in [7, 11) is 1.27. The fourth-order valence-corrected chi connectivity index (χ4v) is 1.13. The van der Waals surface area contributed by atoms with E-state index in [0.29, 0.717) is 5.69 Å². The molecule has 1 amide bonds. The lowest BCUT2D eigenvalue weighted by Gasteiger charge is -2.19. The van der Waals surface area contributed by atoms with E-state index in [1.807, 2.05) is 0 Å². The zero-order valence-electron chi connectivity index (χ0n) is 10.9. The highest BCUT2D eigenvalue weighted by molar-refractivity contribution is 5.85. The van der Waals surface area contributed by atoms with Crippen LogP contribution in [0.4, 0.5) is 4.79 Å². The van der Waals surface area contributed by atoms with E-state index in [4.69, 9.17) is 4.74 Å². The lowest BCUT2D eigenvalue weighted by molar-refractivity contribution is 0.0522. The summed E-state index contributed by atoms with van der Waals surface area (Å²) in [6.45, 7) is 5.49. The van der Waals surface area contributed by atoms with Crippen molar-refractivity contribution in [2.45, 2.75) is 32.9 Å². The minimum atomic E-state index is -0.557. The average molecular weight is 255 g/mol. The summed E-state index contributed by atoms with van der Waals surface area (Å²) < 4.78 is 9.55. The Kier molecular flexibility index (Phi) is 4.30. The Morgan fingerprint density at radius 1 is 1.44 bits per heavy atom. The molecular formula is C11H17N3O4. The number of carbonyl (C=O) groups excluding carboxylic acids is 2. The molecule has 0 aliphatic carbocycles. The van der Waals surface area contributed by atoms with Gasteiger partial charge in [0.25, 0.3) is 0 Å². The molecule has 1 rings (SSSR count). The number of nitrogens with one attached hydrogen (secondary N) is 2. The molecule has 1 aromatic rings. The third-order valence-electron chi connectivity index (χ3n) is 1.82. The third-order valence-corrected chi connectivity index (χ3v) is 1.82. The van der Waals surface area contributed by atoms with Crippen LogP contribution in [0.5, 0.6) is 0 Å². The number of hydrogen-bond donors (Lipinski definition) is 2. The lowest BCUT2D eigenvalue weighted by atomic mass is 10.2. The van der Waals surface area contributed by atoms with Gasteiger partial charge in [-0.15, -0.1) is 0 Å². The number of amides is 1. The Hall–Kier alpha value is -2.05. The van der Waals surface area contributed by atoms with Crippen molar-refractivity contribution in [3.63, 3.8) is 0 Å². The second-order valence-electron chi connectivity index (χ2n) is 4.59. The second-order valence-corrected chi connectivity index (χ2v) is 4.59. The molecule has 0 atom stereocenters. The van der Waals surface area contributed by atoms with Crippen LogP contribution >= 0.6 is 0 Å². The van der Waals surface area contributed by atoms with Crippen molar-refractivity contribution < 1.29 is 19.1 Å². The van der Waals surface area contributed by atoms with E-state index in [2.05, 4.69) is 20.0 Å². The van der Waals surface area contributed by atoms with E-state index in [-0.39, 0.29) is 12.4 Å². The first-order valence-electron chi connectivity index (χ1n) is 5.41. The standard InChI is InChI=1S/C11H17N3O4/c1-11(2,3)18-10(16)13-6-7-5-12-8(14-7)9(15)17-4/h5H,6H2,1-4H3,(H,12,14)(H,13,16). The number of alkyl carbamates (subject to hydrolysis) is 1. The number of aromatic amines is 1. The third kappa shape index (κ3) is 4.44. The summed E-state index contributed by atoms with van der Waals surface area (Å²) in [5.74, 6) is -0.461. The molecule has 0 aliphatic rings. The molecule has 0 saturated heterocycles. The van der Waals surface area contributed by atoms with Crippen molar-refractivity contribution in [3.8, 4) is 0 Å². The van der Waals surface area contributed by atoms with E-state index in [1.54, 1.807) is 20.8 Å². The predicted octanol–water partition coefficient (Wildman–Crippen LogP) is 1.22. The number of rotatable bonds is 3. The minimum absolute atomic E-state index is 0.0958. The first-order chi connectivity index (χ1) is 8.31. The molecule has 0 fully saturated rings. The highest BCUT2D eigenvalue weighted by Gasteiger charge is 2.16. The van der Waals surface area contributed by atoms with Crippen molar-refractivity contribution in [2.24, 2.45) is 0 Å². The van der Waals surface area contributed by atoms with Crippen LogP contribution in [0.2, 0.25) is 0 Å². The van der Waals surface area contributed by atoms with Crippen LogP contribution in [0.3, 0.4) is 0 Å². The topological polar surface area (TPSA) is 93.3 Å². The van der Waals surface area contributed by atoms with Gasteiger partial charge in [0.15, 0.2) is 0 Å². The number of ether oxygens (including phenoxy) is 2. The maximum absolute atomic E-state index is 11.4. The SMILES string of the molecule is COC(=O)c1nc(CNC(=O)OC(C)(C)C)c[nH]1. The zero-order chi connectivity index (χ0) is 13.8. The smallest absolute Gasteiger partial charge is 0.407 e. The van der Waals surface area contributed by atoms with E-state index in [9.17, 15) is 9.59 Å². The molecule has 1 aromatic heterocycles. The van der Waals surface area contributed by atoms with Crippen molar-refractivity contribution >= 4 is 12.1 Å². The summed E-state index contributed by atoms with van der Waals surface area (Å²) in [4.78, 5) is 29.1. The number of carbonyl (C=O) groups is 2. The Balaban J connectivity index is 2.47. The Morgan fingerprint density at radius 2 is 2.11 bits per heavy atom. The molecule has 7 heteroatoms. The van der Waals surface area contributed by atoms with Crippen molar-refractivity contribution in [1.82, 2.24) is 15.3 Å². The van der Waals surface area contributed by atoms with Gasteiger partial charge in [0, 0.05) is 6.20 Å². The van der Waals surface area contributed by atoms with Gasteiger partial charge in [0.1, 0.15) is 5.60 Å². The maximum Gasteiger partial charge on any atom is 0.407 e. The number of hydrogen-bond acceptors (Lipinski definition) is 5. The number of imidazole rings is 1. The lowest BCUT2D eigenvalue weighted by Crippen LogP contribution is -2.32. The monoisotopic (exact) mass is 255 g/mol. The fourth-order valence-electron chi connectivity index (χ4n) is 1.13. The van der Waals surface area contributed by atoms with Crippen LogP contribution in [0, 0.1) is 0 Å². The van der Waals surface area contributed by atoms with E-state index in [0.717, 1.165) is 0 Å². The van der Waals surface area contributed by atoms with Gasteiger partial charge in [-0.05, 0) is 20.8 Å². The molecule has 0 bridgehead atoms. The Morgan fingerprint density at radius 3 is 2.67 bits per heavy atom. The first-order valence-corrected chi connectivity index (χ1v) is 5.41. The van der Waals surface area contributed by atoms with Gasteiger partial charge in [-0.2, -0.15) is 0 Å². The molecule has 0 saturated carbocycles. The summed E-state index contributed by atoms with van der Waals surface area (Å²) >= 11 is 0.